The first-order valence-electron chi connectivity index (χ1n) is 9.58. The van der Waals surface area contributed by atoms with Crippen LogP contribution < -0.4 is 4.90 Å². The average molecular weight is 364 g/mol. The third kappa shape index (κ3) is 3.74. The molecule has 5 heteroatoms. The van der Waals surface area contributed by atoms with Crippen molar-refractivity contribution in [2.45, 2.75) is 26.8 Å². The largest absolute Gasteiger partial charge is 0.464 e. The van der Waals surface area contributed by atoms with Gasteiger partial charge >= 0.3 is 0 Å². The minimum absolute atomic E-state index is 0.193. The molecule has 1 fully saturated rings. The number of furan rings is 1. The molecule has 1 aromatic carbocycles. The lowest BCUT2D eigenvalue weighted by Gasteiger charge is -2.32. The molecule has 0 saturated carbocycles. The monoisotopic (exact) mass is 364 g/mol. The van der Waals surface area contributed by atoms with Gasteiger partial charge in [-0.3, -0.25) is 9.78 Å². The van der Waals surface area contributed by atoms with Gasteiger partial charge in [0.15, 0.2) is 0 Å². The SMILES string of the molecule is Cc1ccc2c(CC(=O)N3CC[NH+](Cc4ccncc4)CC3)coc2c1C. The van der Waals surface area contributed by atoms with Crippen molar-refractivity contribution in [1.29, 1.82) is 0 Å². The van der Waals surface area contributed by atoms with Crippen LogP contribution in [0.1, 0.15) is 22.3 Å². The molecule has 3 aromatic rings. The molecule has 0 radical (unpaired) electrons. The summed E-state index contributed by atoms with van der Waals surface area (Å²) in [6, 6.07) is 8.31. The van der Waals surface area contributed by atoms with E-state index in [2.05, 4.69) is 43.1 Å². The van der Waals surface area contributed by atoms with Gasteiger partial charge in [0.2, 0.25) is 5.91 Å². The van der Waals surface area contributed by atoms with Crippen LogP contribution in [-0.4, -0.2) is 42.0 Å². The number of aryl methyl sites for hydroxylation is 2. The second kappa shape index (κ2) is 7.53. The molecule has 5 nitrogen and oxygen atoms in total. The molecule has 27 heavy (non-hydrogen) atoms. The highest BCUT2D eigenvalue weighted by molar-refractivity contribution is 5.89. The standard InChI is InChI=1S/C22H25N3O2/c1-16-3-4-20-19(15-27-22(20)17(16)2)13-21(26)25-11-9-24(10-12-25)14-18-5-7-23-8-6-18/h3-8,15H,9-14H2,1-2H3/p+1. The fourth-order valence-corrected chi connectivity index (χ4v) is 3.84. The summed E-state index contributed by atoms with van der Waals surface area (Å²) in [5.41, 5.74) is 5.56. The Bertz CT molecular complexity index is 941. The predicted molar refractivity (Wildman–Crippen MR) is 105 cm³/mol. The first-order valence-corrected chi connectivity index (χ1v) is 9.58. The zero-order valence-electron chi connectivity index (χ0n) is 16.0. The Kier molecular flexibility index (Phi) is 4.94. The summed E-state index contributed by atoms with van der Waals surface area (Å²) in [5.74, 6) is 0.193. The van der Waals surface area contributed by atoms with Crippen molar-refractivity contribution >= 4 is 16.9 Å². The van der Waals surface area contributed by atoms with Crippen LogP contribution in [0.4, 0.5) is 0 Å². The van der Waals surface area contributed by atoms with Gasteiger partial charge in [0.25, 0.3) is 0 Å². The molecular formula is C22H26N3O2+. The van der Waals surface area contributed by atoms with E-state index in [1.807, 2.05) is 17.3 Å². The molecule has 1 aliphatic rings. The lowest BCUT2D eigenvalue weighted by molar-refractivity contribution is -0.917. The Balaban J connectivity index is 1.37. The normalized spacial score (nSPS) is 15.4. The molecule has 3 heterocycles. The number of nitrogens with one attached hydrogen (secondary N) is 1. The van der Waals surface area contributed by atoms with Crippen LogP contribution >= 0.6 is 0 Å². The summed E-state index contributed by atoms with van der Waals surface area (Å²) in [6.07, 6.45) is 5.84. The number of hydrogen-bond donors (Lipinski definition) is 1. The lowest BCUT2D eigenvalue weighted by Crippen LogP contribution is -3.13. The summed E-state index contributed by atoms with van der Waals surface area (Å²) in [6.45, 7) is 8.74. The number of aromatic nitrogens is 1. The Labute approximate surface area is 159 Å². The van der Waals surface area contributed by atoms with Crippen molar-refractivity contribution < 1.29 is 14.1 Å². The van der Waals surface area contributed by atoms with Gasteiger partial charge < -0.3 is 14.2 Å². The van der Waals surface area contributed by atoms with E-state index in [0.29, 0.717) is 6.42 Å². The van der Waals surface area contributed by atoms with E-state index in [9.17, 15) is 4.79 Å². The van der Waals surface area contributed by atoms with Crippen LogP contribution in [0.2, 0.25) is 0 Å². The van der Waals surface area contributed by atoms with E-state index in [-0.39, 0.29) is 5.91 Å². The van der Waals surface area contributed by atoms with E-state index < -0.39 is 0 Å². The van der Waals surface area contributed by atoms with Gasteiger partial charge in [-0.1, -0.05) is 12.1 Å². The topological polar surface area (TPSA) is 50.8 Å². The summed E-state index contributed by atoms with van der Waals surface area (Å²) < 4.78 is 5.75. The zero-order valence-corrected chi connectivity index (χ0v) is 16.0. The van der Waals surface area contributed by atoms with E-state index in [1.54, 1.807) is 6.26 Å². The number of fused-ring (bicyclic) bond motifs is 1. The number of amides is 1. The number of benzene rings is 1. The number of rotatable bonds is 4. The second-order valence-electron chi connectivity index (χ2n) is 7.48. The van der Waals surface area contributed by atoms with Crippen LogP contribution in [0, 0.1) is 13.8 Å². The van der Waals surface area contributed by atoms with Crippen molar-refractivity contribution in [2.75, 3.05) is 26.2 Å². The maximum Gasteiger partial charge on any atom is 0.227 e. The predicted octanol–water partition coefficient (Wildman–Crippen LogP) is 1.91. The molecule has 0 atom stereocenters. The summed E-state index contributed by atoms with van der Waals surface area (Å²) in [7, 11) is 0. The van der Waals surface area contributed by atoms with E-state index in [1.165, 1.54) is 16.0 Å². The third-order valence-corrected chi connectivity index (χ3v) is 5.71. The summed E-state index contributed by atoms with van der Waals surface area (Å²) in [4.78, 5) is 20.4. The Morgan fingerprint density at radius 3 is 2.63 bits per heavy atom. The molecule has 1 amide bonds. The molecule has 1 N–H and O–H groups in total. The maximum absolute atomic E-state index is 12.8. The van der Waals surface area contributed by atoms with Gasteiger partial charge in [-0.25, -0.2) is 0 Å². The number of pyridine rings is 1. The Morgan fingerprint density at radius 2 is 1.89 bits per heavy atom. The number of quaternary nitrogens is 1. The molecule has 0 bridgehead atoms. The summed E-state index contributed by atoms with van der Waals surface area (Å²) >= 11 is 0. The number of piperazine rings is 1. The molecular weight excluding hydrogens is 338 g/mol. The molecule has 4 rings (SSSR count). The molecule has 2 aromatic heterocycles. The second-order valence-corrected chi connectivity index (χ2v) is 7.48. The minimum atomic E-state index is 0.193. The van der Waals surface area contributed by atoms with Crippen LogP contribution in [0.5, 0.6) is 0 Å². The number of carbonyl (C=O) groups is 1. The average Bonchev–Trinajstić information content (AvgIpc) is 3.09. The van der Waals surface area contributed by atoms with Crippen LogP contribution in [-0.2, 0) is 17.8 Å². The van der Waals surface area contributed by atoms with Gasteiger partial charge in [0.05, 0.1) is 38.9 Å². The minimum Gasteiger partial charge on any atom is -0.464 e. The van der Waals surface area contributed by atoms with Crippen molar-refractivity contribution in [2.24, 2.45) is 0 Å². The van der Waals surface area contributed by atoms with E-state index in [0.717, 1.165) is 54.8 Å². The van der Waals surface area contributed by atoms with Gasteiger partial charge in [0, 0.05) is 28.9 Å². The molecule has 1 saturated heterocycles. The van der Waals surface area contributed by atoms with Crippen LogP contribution in [0.15, 0.2) is 47.3 Å². The first-order chi connectivity index (χ1) is 13.1. The Hall–Kier alpha value is -2.66. The highest BCUT2D eigenvalue weighted by Gasteiger charge is 2.24. The van der Waals surface area contributed by atoms with Crippen LogP contribution in [0.3, 0.4) is 0 Å². The highest BCUT2D eigenvalue weighted by atomic mass is 16.3. The van der Waals surface area contributed by atoms with E-state index >= 15 is 0 Å². The lowest BCUT2D eigenvalue weighted by atomic mass is 10.0. The zero-order chi connectivity index (χ0) is 18.8. The van der Waals surface area contributed by atoms with Crippen molar-refractivity contribution in [3.05, 3.63) is 65.2 Å². The molecule has 0 spiro atoms. The Morgan fingerprint density at radius 1 is 1.15 bits per heavy atom. The molecule has 140 valence electrons. The third-order valence-electron chi connectivity index (χ3n) is 5.71. The van der Waals surface area contributed by atoms with Gasteiger partial charge in [-0.05, 0) is 37.1 Å². The number of carbonyl (C=O) groups excluding carboxylic acids is 1. The first kappa shape index (κ1) is 17.7. The highest BCUT2D eigenvalue weighted by Crippen LogP contribution is 2.27. The van der Waals surface area contributed by atoms with Gasteiger partial charge in [-0.2, -0.15) is 0 Å². The quantitative estimate of drug-likeness (QED) is 0.769. The fraction of sp³-hybridized carbons (Fsp3) is 0.364. The van der Waals surface area contributed by atoms with Gasteiger partial charge in [-0.15, -0.1) is 0 Å². The fourth-order valence-electron chi connectivity index (χ4n) is 3.84. The smallest absolute Gasteiger partial charge is 0.227 e. The molecule has 1 aliphatic heterocycles. The molecule has 0 unspecified atom stereocenters. The van der Waals surface area contributed by atoms with Crippen molar-refractivity contribution in [3.63, 3.8) is 0 Å². The molecule has 0 aliphatic carbocycles. The van der Waals surface area contributed by atoms with Crippen molar-refractivity contribution in [3.8, 4) is 0 Å². The van der Waals surface area contributed by atoms with Crippen molar-refractivity contribution in [1.82, 2.24) is 9.88 Å². The number of hydrogen-bond acceptors (Lipinski definition) is 3. The number of nitrogens with zero attached hydrogens (tertiary/aromatic N) is 2. The van der Waals surface area contributed by atoms with Gasteiger partial charge in [0.1, 0.15) is 12.1 Å². The van der Waals surface area contributed by atoms with Crippen LogP contribution in [0.25, 0.3) is 11.0 Å². The van der Waals surface area contributed by atoms with E-state index in [4.69, 9.17) is 4.42 Å². The maximum atomic E-state index is 12.8. The summed E-state index contributed by atoms with van der Waals surface area (Å²) in [5, 5.41) is 1.06.